The van der Waals surface area contributed by atoms with E-state index in [1.54, 1.807) is 18.0 Å². The van der Waals surface area contributed by atoms with Gasteiger partial charge in [-0.1, -0.05) is 71.9 Å². The molecule has 0 aliphatic rings. The molecule has 0 fully saturated rings. The predicted molar refractivity (Wildman–Crippen MR) is 136 cm³/mol. The zero-order valence-corrected chi connectivity index (χ0v) is 19.9. The monoisotopic (exact) mass is 473 g/mol. The lowest BCUT2D eigenvalue weighted by Gasteiger charge is -2.10. The average Bonchev–Trinajstić information content (AvgIpc) is 3.28. The Hall–Kier alpha value is -3.36. The normalized spacial score (nSPS) is 11.1. The minimum Gasteiger partial charge on any atom is -0.272 e. The number of benzene rings is 3. The number of hydrogen-bond acceptors (Lipinski definition) is 6. The molecule has 8 heteroatoms. The number of carbonyl (C=O) groups excluding carboxylic acids is 1. The third-order valence-corrected chi connectivity index (χ3v) is 6.48. The molecule has 4 aromatic rings. The topological polar surface area (TPSA) is 72.2 Å². The van der Waals surface area contributed by atoms with Crippen LogP contribution in [-0.4, -0.2) is 38.9 Å². The summed E-state index contributed by atoms with van der Waals surface area (Å²) in [5.41, 5.74) is 6.58. The number of para-hydroxylation sites is 1. The van der Waals surface area contributed by atoms with Gasteiger partial charge in [-0.15, -0.1) is 22.0 Å². The number of rotatable bonds is 8. The SMILES string of the molecule is CSc1ccc(C=NNC(=O)CSc2nnc(-c3ccc(C)cc3)n2-c2ccccc2)cc1. The first-order chi connectivity index (χ1) is 16.1. The molecular formula is C25H23N5OS2. The maximum absolute atomic E-state index is 12.4. The number of nitrogens with zero attached hydrogens (tertiary/aromatic N) is 4. The highest BCUT2D eigenvalue weighted by molar-refractivity contribution is 7.99. The summed E-state index contributed by atoms with van der Waals surface area (Å²) in [5, 5.41) is 13.5. The van der Waals surface area contributed by atoms with Gasteiger partial charge < -0.3 is 0 Å². The third kappa shape index (κ3) is 5.91. The molecule has 3 aromatic carbocycles. The summed E-state index contributed by atoms with van der Waals surface area (Å²) in [4.78, 5) is 13.5. The van der Waals surface area contributed by atoms with E-state index in [1.807, 2.05) is 96.6 Å². The van der Waals surface area contributed by atoms with E-state index in [4.69, 9.17) is 0 Å². The van der Waals surface area contributed by atoms with E-state index in [-0.39, 0.29) is 11.7 Å². The summed E-state index contributed by atoms with van der Waals surface area (Å²) in [6.45, 7) is 2.05. The summed E-state index contributed by atoms with van der Waals surface area (Å²) in [6, 6.07) is 26.0. The van der Waals surface area contributed by atoms with E-state index in [9.17, 15) is 4.79 Å². The summed E-state index contributed by atoms with van der Waals surface area (Å²) in [5.74, 6) is 0.689. The van der Waals surface area contributed by atoms with Crippen molar-refractivity contribution in [2.75, 3.05) is 12.0 Å². The van der Waals surface area contributed by atoms with Gasteiger partial charge in [0.25, 0.3) is 5.91 Å². The highest BCUT2D eigenvalue weighted by Crippen LogP contribution is 2.28. The number of amides is 1. The molecule has 1 N–H and O–H groups in total. The molecule has 0 saturated heterocycles. The van der Waals surface area contributed by atoms with Crippen LogP contribution in [0.2, 0.25) is 0 Å². The van der Waals surface area contributed by atoms with Gasteiger partial charge in [0.05, 0.1) is 12.0 Å². The van der Waals surface area contributed by atoms with Gasteiger partial charge in [-0.3, -0.25) is 9.36 Å². The van der Waals surface area contributed by atoms with Crippen molar-refractivity contribution in [2.24, 2.45) is 5.10 Å². The fraction of sp³-hybridized carbons (Fsp3) is 0.120. The summed E-state index contributed by atoms with van der Waals surface area (Å²) in [6.07, 6.45) is 3.66. The number of hydrogen-bond donors (Lipinski definition) is 1. The van der Waals surface area contributed by atoms with Crippen LogP contribution in [-0.2, 0) is 4.79 Å². The number of thioether (sulfide) groups is 2. The van der Waals surface area contributed by atoms with Crippen LogP contribution in [0.4, 0.5) is 0 Å². The number of aromatic nitrogens is 3. The van der Waals surface area contributed by atoms with E-state index in [0.29, 0.717) is 5.16 Å². The molecule has 0 radical (unpaired) electrons. The molecule has 0 spiro atoms. The smallest absolute Gasteiger partial charge is 0.250 e. The van der Waals surface area contributed by atoms with Crippen LogP contribution in [0.1, 0.15) is 11.1 Å². The fourth-order valence-corrected chi connectivity index (χ4v) is 4.25. The van der Waals surface area contributed by atoms with Crippen molar-refractivity contribution in [1.29, 1.82) is 0 Å². The highest BCUT2D eigenvalue weighted by atomic mass is 32.2. The molecular weight excluding hydrogens is 450 g/mol. The molecule has 0 aliphatic carbocycles. The second kappa shape index (κ2) is 11.0. The summed E-state index contributed by atoms with van der Waals surface area (Å²) >= 11 is 3.00. The van der Waals surface area contributed by atoms with E-state index in [0.717, 1.165) is 22.6 Å². The maximum Gasteiger partial charge on any atom is 0.250 e. The lowest BCUT2D eigenvalue weighted by Crippen LogP contribution is -2.20. The molecule has 4 rings (SSSR count). The first-order valence-electron chi connectivity index (χ1n) is 10.3. The van der Waals surface area contributed by atoms with Gasteiger partial charge in [-0.05, 0) is 43.0 Å². The zero-order chi connectivity index (χ0) is 23.0. The Morgan fingerprint density at radius 1 is 1.00 bits per heavy atom. The molecule has 1 aromatic heterocycles. The van der Waals surface area contributed by atoms with Gasteiger partial charge in [0.1, 0.15) is 0 Å². The van der Waals surface area contributed by atoms with Gasteiger partial charge in [-0.2, -0.15) is 5.10 Å². The van der Waals surface area contributed by atoms with E-state index in [2.05, 4.69) is 20.7 Å². The Bertz CT molecular complexity index is 1240. The van der Waals surface area contributed by atoms with Crippen molar-refractivity contribution < 1.29 is 4.79 Å². The van der Waals surface area contributed by atoms with Crippen LogP contribution >= 0.6 is 23.5 Å². The van der Waals surface area contributed by atoms with Crippen LogP contribution in [0.15, 0.2) is 94.0 Å². The Morgan fingerprint density at radius 2 is 1.73 bits per heavy atom. The van der Waals surface area contributed by atoms with E-state index >= 15 is 0 Å². The molecule has 166 valence electrons. The number of carbonyl (C=O) groups is 1. The largest absolute Gasteiger partial charge is 0.272 e. The van der Waals surface area contributed by atoms with Crippen molar-refractivity contribution in [3.05, 3.63) is 90.0 Å². The Labute approximate surface area is 201 Å². The van der Waals surface area contributed by atoms with Crippen LogP contribution in [0.5, 0.6) is 0 Å². The first-order valence-corrected chi connectivity index (χ1v) is 12.5. The van der Waals surface area contributed by atoms with Crippen molar-refractivity contribution in [3.8, 4) is 17.1 Å². The van der Waals surface area contributed by atoms with Gasteiger partial charge >= 0.3 is 0 Å². The van der Waals surface area contributed by atoms with Crippen LogP contribution in [0, 0.1) is 6.92 Å². The third-order valence-electron chi connectivity index (χ3n) is 4.81. The Morgan fingerprint density at radius 3 is 2.42 bits per heavy atom. The van der Waals surface area contributed by atoms with Crippen LogP contribution in [0.3, 0.4) is 0 Å². The number of aryl methyl sites for hydroxylation is 1. The molecule has 33 heavy (non-hydrogen) atoms. The van der Waals surface area contributed by atoms with Crippen molar-refractivity contribution in [3.63, 3.8) is 0 Å². The molecule has 0 bridgehead atoms. The molecule has 0 aliphatic heterocycles. The van der Waals surface area contributed by atoms with E-state index in [1.165, 1.54) is 22.2 Å². The summed E-state index contributed by atoms with van der Waals surface area (Å²) < 4.78 is 1.97. The van der Waals surface area contributed by atoms with Gasteiger partial charge in [0, 0.05) is 16.1 Å². The minimum atomic E-state index is -0.212. The minimum absolute atomic E-state index is 0.168. The molecule has 1 heterocycles. The van der Waals surface area contributed by atoms with Gasteiger partial charge in [0.15, 0.2) is 11.0 Å². The Balaban J connectivity index is 1.46. The number of hydrazone groups is 1. The van der Waals surface area contributed by atoms with Crippen molar-refractivity contribution in [2.45, 2.75) is 17.0 Å². The fourth-order valence-electron chi connectivity index (χ4n) is 3.09. The van der Waals surface area contributed by atoms with Crippen molar-refractivity contribution >= 4 is 35.6 Å². The quantitative estimate of drug-likeness (QED) is 0.216. The van der Waals surface area contributed by atoms with Crippen LogP contribution < -0.4 is 5.43 Å². The average molecular weight is 474 g/mol. The standard InChI is InChI=1S/C25H23N5OS2/c1-18-8-12-20(13-9-18)24-28-29-25(30(24)21-6-4-3-5-7-21)33-17-23(31)27-26-16-19-10-14-22(32-2)15-11-19/h3-16H,17H2,1-2H3,(H,27,31). The number of nitrogens with one attached hydrogen (secondary N) is 1. The molecule has 6 nitrogen and oxygen atoms in total. The molecule has 1 amide bonds. The second-order valence-electron chi connectivity index (χ2n) is 7.20. The summed E-state index contributed by atoms with van der Waals surface area (Å²) in [7, 11) is 0. The van der Waals surface area contributed by atoms with Crippen LogP contribution in [0.25, 0.3) is 17.1 Å². The highest BCUT2D eigenvalue weighted by Gasteiger charge is 2.17. The maximum atomic E-state index is 12.4. The lowest BCUT2D eigenvalue weighted by atomic mass is 10.1. The molecule has 0 unspecified atom stereocenters. The molecule has 0 atom stereocenters. The van der Waals surface area contributed by atoms with Crippen molar-refractivity contribution in [1.82, 2.24) is 20.2 Å². The predicted octanol–water partition coefficient (Wildman–Crippen LogP) is 5.21. The lowest BCUT2D eigenvalue weighted by molar-refractivity contribution is -0.118. The Kier molecular flexibility index (Phi) is 7.59. The molecule has 0 saturated carbocycles. The second-order valence-corrected chi connectivity index (χ2v) is 9.02. The van der Waals surface area contributed by atoms with Gasteiger partial charge in [0.2, 0.25) is 0 Å². The zero-order valence-electron chi connectivity index (χ0n) is 18.3. The van der Waals surface area contributed by atoms with Gasteiger partial charge in [-0.25, -0.2) is 5.43 Å². The first kappa shape index (κ1) is 22.8. The van der Waals surface area contributed by atoms with E-state index < -0.39 is 0 Å².